The van der Waals surface area contributed by atoms with Crippen molar-refractivity contribution < 1.29 is 24.2 Å². The van der Waals surface area contributed by atoms with Crippen molar-refractivity contribution in [3.8, 4) is 23.3 Å². The van der Waals surface area contributed by atoms with Crippen molar-refractivity contribution in [1.82, 2.24) is 0 Å². The van der Waals surface area contributed by atoms with E-state index in [0.29, 0.717) is 38.6 Å². The van der Waals surface area contributed by atoms with Gasteiger partial charge in [-0.15, -0.1) is 0 Å². The highest BCUT2D eigenvalue weighted by atomic mass is 127. The molecule has 3 aromatic rings. The van der Waals surface area contributed by atoms with Gasteiger partial charge in [-0.05, 0) is 103 Å². The standard InChI is InChI=1S/C28H26IN3O5/c1-4-36-25-14-19(12-20(15-30)28(35)31-21-6-8-22(33)9-7-21)13-23(29)27(25)37-16-26(34)32-24-10-5-17(2)11-18(24)3/h5-14,33H,4,16H2,1-3H3,(H,31,35)(H,32,34)/b20-12+. The minimum Gasteiger partial charge on any atom is -0.508 e. The summed E-state index contributed by atoms with van der Waals surface area (Å²) in [5.74, 6) is -0.0628. The number of carbonyl (C=O) groups is 2. The number of anilines is 2. The van der Waals surface area contributed by atoms with Crippen molar-refractivity contribution >= 4 is 51.9 Å². The van der Waals surface area contributed by atoms with Crippen molar-refractivity contribution in [2.45, 2.75) is 20.8 Å². The summed E-state index contributed by atoms with van der Waals surface area (Å²) >= 11 is 2.06. The van der Waals surface area contributed by atoms with Gasteiger partial charge >= 0.3 is 0 Å². The van der Waals surface area contributed by atoms with Gasteiger partial charge in [0.1, 0.15) is 17.4 Å². The topological polar surface area (TPSA) is 121 Å². The molecule has 0 atom stereocenters. The second-order valence-corrected chi connectivity index (χ2v) is 9.25. The van der Waals surface area contributed by atoms with Crippen LogP contribution in [0.5, 0.6) is 17.2 Å². The fraction of sp³-hybridized carbons (Fsp3) is 0.179. The summed E-state index contributed by atoms with van der Waals surface area (Å²) in [5.41, 5.74) is 3.65. The van der Waals surface area contributed by atoms with E-state index >= 15 is 0 Å². The Morgan fingerprint density at radius 3 is 2.43 bits per heavy atom. The molecule has 190 valence electrons. The first-order chi connectivity index (χ1) is 17.7. The molecular weight excluding hydrogens is 585 g/mol. The lowest BCUT2D eigenvalue weighted by Gasteiger charge is -2.15. The Morgan fingerprint density at radius 1 is 1.05 bits per heavy atom. The van der Waals surface area contributed by atoms with Gasteiger partial charge in [0.25, 0.3) is 11.8 Å². The number of nitriles is 1. The van der Waals surface area contributed by atoms with Crippen LogP contribution in [0.15, 0.2) is 60.2 Å². The van der Waals surface area contributed by atoms with Gasteiger partial charge in [0.15, 0.2) is 18.1 Å². The number of nitrogens with zero attached hydrogens (tertiary/aromatic N) is 1. The number of halogens is 1. The number of amides is 2. The number of nitrogens with one attached hydrogen (secondary N) is 2. The predicted molar refractivity (Wildman–Crippen MR) is 151 cm³/mol. The Balaban J connectivity index is 1.77. The maximum atomic E-state index is 12.6. The summed E-state index contributed by atoms with van der Waals surface area (Å²) < 4.78 is 12.2. The van der Waals surface area contributed by atoms with Crippen molar-refractivity contribution in [2.75, 3.05) is 23.8 Å². The maximum absolute atomic E-state index is 12.6. The molecule has 0 aliphatic heterocycles. The van der Waals surface area contributed by atoms with Gasteiger partial charge < -0.3 is 25.2 Å². The average Bonchev–Trinajstić information content (AvgIpc) is 2.85. The number of benzene rings is 3. The number of phenolic OH excluding ortho intramolecular Hbond substituents is 1. The minimum atomic E-state index is -0.593. The van der Waals surface area contributed by atoms with Gasteiger partial charge in [0.05, 0.1) is 10.2 Å². The minimum absolute atomic E-state index is 0.0668. The molecule has 0 radical (unpaired) electrons. The van der Waals surface area contributed by atoms with E-state index in [4.69, 9.17) is 9.47 Å². The van der Waals surface area contributed by atoms with E-state index in [-0.39, 0.29) is 23.8 Å². The molecule has 0 spiro atoms. The van der Waals surface area contributed by atoms with Crippen molar-refractivity contribution in [3.05, 3.63) is 80.4 Å². The van der Waals surface area contributed by atoms with Gasteiger partial charge in [0, 0.05) is 11.4 Å². The molecule has 9 heteroatoms. The number of aromatic hydroxyl groups is 1. The van der Waals surface area contributed by atoms with Crippen LogP contribution in [0.1, 0.15) is 23.6 Å². The lowest BCUT2D eigenvalue weighted by atomic mass is 10.1. The molecule has 2 amide bonds. The Morgan fingerprint density at radius 2 is 1.78 bits per heavy atom. The number of hydrogen-bond acceptors (Lipinski definition) is 6. The Bertz CT molecular complexity index is 1380. The quantitative estimate of drug-likeness (QED) is 0.126. The Kier molecular flexibility index (Phi) is 9.51. The van der Waals surface area contributed by atoms with Crippen molar-refractivity contribution in [1.29, 1.82) is 5.26 Å². The van der Waals surface area contributed by atoms with E-state index in [1.165, 1.54) is 30.3 Å². The highest BCUT2D eigenvalue weighted by Gasteiger charge is 2.16. The molecule has 3 rings (SSSR count). The highest BCUT2D eigenvalue weighted by molar-refractivity contribution is 14.1. The summed E-state index contributed by atoms with van der Waals surface area (Å²) in [7, 11) is 0. The second kappa shape index (κ2) is 12.8. The maximum Gasteiger partial charge on any atom is 0.266 e. The van der Waals surface area contributed by atoms with Gasteiger partial charge in [-0.2, -0.15) is 5.26 Å². The number of ether oxygens (including phenoxy) is 2. The molecule has 0 bridgehead atoms. The van der Waals surface area contributed by atoms with Crippen LogP contribution >= 0.6 is 22.6 Å². The largest absolute Gasteiger partial charge is 0.508 e. The van der Waals surface area contributed by atoms with E-state index in [1.54, 1.807) is 12.1 Å². The van der Waals surface area contributed by atoms with E-state index in [9.17, 15) is 20.0 Å². The normalized spacial score (nSPS) is 10.8. The zero-order chi connectivity index (χ0) is 26.9. The molecule has 0 saturated heterocycles. The number of hydrogen-bond donors (Lipinski definition) is 3. The second-order valence-electron chi connectivity index (χ2n) is 8.09. The van der Waals surface area contributed by atoms with E-state index in [1.807, 2.05) is 45.0 Å². The monoisotopic (exact) mass is 611 g/mol. The molecule has 3 aromatic carbocycles. The lowest BCUT2D eigenvalue weighted by molar-refractivity contribution is -0.118. The Hall–Kier alpha value is -4.04. The van der Waals surface area contributed by atoms with Crippen LogP contribution in [0.4, 0.5) is 11.4 Å². The van der Waals surface area contributed by atoms with Crippen LogP contribution in [0.2, 0.25) is 0 Å². The zero-order valence-corrected chi connectivity index (χ0v) is 22.8. The summed E-state index contributed by atoms with van der Waals surface area (Å²) in [4.78, 5) is 25.1. The summed E-state index contributed by atoms with van der Waals surface area (Å²) in [6.07, 6.45) is 1.44. The van der Waals surface area contributed by atoms with Crippen molar-refractivity contribution in [3.63, 3.8) is 0 Å². The van der Waals surface area contributed by atoms with Crippen LogP contribution in [0.3, 0.4) is 0 Å². The summed E-state index contributed by atoms with van der Waals surface area (Å²) in [6.45, 7) is 5.85. The first-order valence-corrected chi connectivity index (χ1v) is 12.5. The molecule has 3 N–H and O–H groups in total. The highest BCUT2D eigenvalue weighted by Crippen LogP contribution is 2.35. The number of phenols is 1. The lowest BCUT2D eigenvalue weighted by Crippen LogP contribution is -2.21. The molecule has 0 unspecified atom stereocenters. The number of rotatable bonds is 9. The van der Waals surface area contributed by atoms with Crippen LogP contribution < -0.4 is 20.1 Å². The van der Waals surface area contributed by atoms with Gasteiger partial charge in [0.2, 0.25) is 0 Å². The fourth-order valence-electron chi connectivity index (χ4n) is 3.41. The van der Waals surface area contributed by atoms with E-state index < -0.39 is 5.91 Å². The van der Waals surface area contributed by atoms with Gasteiger partial charge in [-0.3, -0.25) is 9.59 Å². The smallest absolute Gasteiger partial charge is 0.266 e. The number of carbonyl (C=O) groups excluding carboxylic acids is 2. The first-order valence-electron chi connectivity index (χ1n) is 11.4. The van der Waals surface area contributed by atoms with Crippen LogP contribution in [0.25, 0.3) is 6.08 Å². The van der Waals surface area contributed by atoms with E-state index in [2.05, 4.69) is 33.2 Å². The molecule has 0 heterocycles. The van der Waals surface area contributed by atoms with Crippen LogP contribution in [-0.4, -0.2) is 30.1 Å². The van der Waals surface area contributed by atoms with Crippen LogP contribution in [-0.2, 0) is 9.59 Å². The molecule has 0 saturated carbocycles. The zero-order valence-electron chi connectivity index (χ0n) is 20.6. The van der Waals surface area contributed by atoms with E-state index in [0.717, 1.165) is 11.1 Å². The molecule has 0 fully saturated rings. The third kappa shape index (κ3) is 7.72. The summed E-state index contributed by atoms with van der Waals surface area (Å²) in [6, 6.07) is 17.0. The molecule has 0 aliphatic rings. The third-order valence-corrected chi connectivity index (χ3v) is 5.94. The fourth-order valence-corrected chi connectivity index (χ4v) is 4.19. The number of aryl methyl sites for hydroxylation is 2. The molecular formula is C28H26IN3O5. The summed E-state index contributed by atoms with van der Waals surface area (Å²) in [5, 5.41) is 24.4. The average molecular weight is 611 g/mol. The SMILES string of the molecule is CCOc1cc(/C=C(\C#N)C(=O)Nc2ccc(O)cc2)cc(I)c1OCC(=O)Nc1ccc(C)cc1C. The third-order valence-electron chi connectivity index (χ3n) is 5.14. The van der Waals surface area contributed by atoms with Gasteiger partial charge in [-0.1, -0.05) is 17.7 Å². The molecule has 0 aromatic heterocycles. The molecule has 8 nitrogen and oxygen atoms in total. The van der Waals surface area contributed by atoms with Crippen molar-refractivity contribution in [2.24, 2.45) is 0 Å². The molecule has 0 aliphatic carbocycles. The first kappa shape index (κ1) is 27.5. The van der Waals surface area contributed by atoms with Crippen LogP contribution in [0, 0.1) is 28.7 Å². The van der Waals surface area contributed by atoms with Gasteiger partial charge in [-0.25, -0.2) is 0 Å². The Labute approximate surface area is 229 Å². The molecule has 37 heavy (non-hydrogen) atoms. The predicted octanol–water partition coefficient (Wildman–Crippen LogP) is 5.58.